The fourth-order valence-corrected chi connectivity index (χ4v) is 3.15. The molecule has 0 aliphatic heterocycles. The van der Waals surface area contributed by atoms with Crippen molar-refractivity contribution in [1.29, 1.82) is 0 Å². The Balaban J connectivity index is 1.96. The summed E-state index contributed by atoms with van der Waals surface area (Å²) in [6.07, 6.45) is -0.998. The third-order valence-electron chi connectivity index (χ3n) is 4.16. The first-order valence-electron chi connectivity index (χ1n) is 9.22. The monoisotopic (exact) mass is 366 g/mol. The van der Waals surface area contributed by atoms with Gasteiger partial charge in [0, 0.05) is 24.2 Å². The van der Waals surface area contributed by atoms with Crippen molar-refractivity contribution in [2.45, 2.75) is 32.6 Å². The van der Waals surface area contributed by atoms with Crippen LogP contribution in [0.15, 0.2) is 65.1 Å². The van der Waals surface area contributed by atoms with Crippen molar-refractivity contribution in [2.24, 2.45) is 0 Å². The number of nitrogens with zero attached hydrogens (tertiary/aromatic N) is 2. The van der Waals surface area contributed by atoms with E-state index in [-0.39, 0.29) is 0 Å². The van der Waals surface area contributed by atoms with Crippen LogP contribution in [0.4, 0.5) is 0 Å². The summed E-state index contributed by atoms with van der Waals surface area (Å²) in [6, 6.07) is 19.9. The minimum Gasteiger partial charge on any atom is -0.439 e. The maximum absolute atomic E-state index is 9.76. The molecule has 27 heavy (non-hydrogen) atoms. The third-order valence-corrected chi connectivity index (χ3v) is 4.16. The SMILES string of the molecule is CC(O)CN(Cc1nc(-c2ccccc2)c(-c2ccccc2)o1)CC(C)O. The highest BCUT2D eigenvalue weighted by Gasteiger charge is 2.20. The maximum Gasteiger partial charge on any atom is 0.209 e. The Bertz CT molecular complexity index is 762. The van der Waals surface area contributed by atoms with E-state index < -0.39 is 12.2 Å². The topological polar surface area (TPSA) is 69.7 Å². The van der Waals surface area contributed by atoms with Crippen molar-refractivity contribution >= 4 is 0 Å². The molecule has 0 radical (unpaired) electrons. The summed E-state index contributed by atoms with van der Waals surface area (Å²) in [7, 11) is 0. The minimum atomic E-state index is -0.499. The normalized spacial score (nSPS) is 13.7. The van der Waals surface area contributed by atoms with Crippen LogP contribution in [0.3, 0.4) is 0 Å². The molecule has 2 atom stereocenters. The average Bonchev–Trinajstić information content (AvgIpc) is 3.06. The van der Waals surface area contributed by atoms with Crippen LogP contribution in [-0.4, -0.2) is 45.4 Å². The van der Waals surface area contributed by atoms with Gasteiger partial charge in [0.1, 0.15) is 5.69 Å². The van der Waals surface area contributed by atoms with Crippen LogP contribution in [0.25, 0.3) is 22.6 Å². The quantitative estimate of drug-likeness (QED) is 0.638. The Morgan fingerprint density at radius 3 is 1.89 bits per heavy atom. The molecule has 1 aromatic heterocycles. The highest BCUT2D eigenvalue weighted by molar-refractivity contribution is 5.76. The zero-order chi connectivity index (χ0) is 19.2. The smallest absolute Gasteiger partial charge is 0.209 e. The molecule has 0 aliphatic rings. The van der Waals surface area contributed by atoms with E-state index in [0.717, 1.165) is 22.6 Å². The molecule has 3 aromatic rings. The van der Waals surface area contributed by atoms with E-state index >= 15 is 0 Å². The van der Waals surface area contributed by atoms with Gasteiger partial charge in [-0.2, -0.15) is 0 Å². The molecule has 0 fully saturated rings. The number of aliphatic hydroxyl groups is 2. The summed E-state index contributed by atoms with van der Waals surface area (Å²) in [5.74, 6) is 1.29. The van der Waals surface area contributed by atoms with Crippen molar-refractivity contribution in [1.82, 2.24) is 9.88 Å². The zero-order valence-electron chi connectivity index (χ0n) is 15.7. The summed E-state index contributed by atoms with van der Waals surface area (Å²) in [4.78, 5) is 6.69. The van der Waals surface area contributed by atoms with Gasteiger partial charge in [-0.05, 0) is 13.8 Å². The van der Waals surface area contributed by atoms with Gasteiger partial charge in [-0.1, -0.05) is 60.7 Å². The molecular weight excluding hydrogens is 340 g/mol. The molecule has 2 N–H and O–H groups in total. The van der Waals surface area contributed by atoms with Crippen LogP contribution < -0.4 is 0 Å². The van der Waals surface area contributed by atoms with E-state index in [1.807, 2.05) is 65.6 Å². The van der Waals surface area contributed by atoms with E-state index in [0.29, 0.717) is 25.5 Å². The summed E-state index contributed by atoms with van der Waals surface area (Å²) < 4.78 is 6.13. The number of aromatic nitrogens is 1. The van der Waals surface area contributed by atoms with Crippen LogP contribution in [0.1, 0.15) is 19.7 Å². The molecule has 0 saturated carbocycles. The number of hydrogen-bond donors (Lipinski definition) is 2. The third kappa shape index (κ3) is 5.26. The first-order chi connectivity index (χ1) is 13.0. The number of aliphatic hydroxyl groups excluding tert-OH is 2. The van der Waals surface area contributed by atoms with E-state index in [9.17, 15) is 10.2 Å². The molecule has 0 amide bonds. The van der Waals surface area contributed by atoms with Gasteiger partial charge in [-0.3, -0.25) is 4.90 Å². The van der Waals surface area contributed by atoms with E-state index in [1.54, 1.807) is 13.8 Å². The van der Waals surface area contributed by atoms with Crippen molar-refractivity contribution in [2.75, 3.05) is 13.1 Å². The Kier molecular flexibility index (Phi) is 6.40. The van der Waals surface area contributed by atoms with Crippen LogP contribution in [0, 0.1) is 0 Å². The average molecular weight is 366 g/mol. The largest absolute Gasteiger partial charge is 0.439 e. The number of rotatable bonds is 8. The van der Waals surface area contributed by atoms with E-state index in [1.165, 1.54) is 0 Å². The molecule has 3 rings (SSSR count). The lowest BCUT2D eigenvalue weighted by atomic mass is 10.1. The second-order valence-electron chi connectivity index (χ2n) is 6.91. The summed E-state index contributed by atoms with van der Waals surface area (Å²) in [6.45, 7) is 4.76. The Morgan fingerprint density at radius 1 is 0.852 bits per heavy atom. The van der Waals surface area contributed by atoms with Gasteiger partial charge in [-0.15, -0.1) is 0 Å². The number of benzene rings is 2. The second kappa shape index (κ2) is 8.95. The minimum absolute atomic E-state index is 0.419. The van der Waals surface area contributed by atoms with Crippen molar-refractivity contribution < 1.29 is 14.6 Å². The van der Waals surface area contributed by atoms with Gasteiger partial charge in [0.2, 0.25) is 5.89 Å². The molecular formula is C22H26N2O3. The zero-order valence-corrected chi connectivity index (χ0v) is 15.7. The van der Waals surface area contributed by atoms with Crippen molar-refractivity contribution in [3.63, 3.8) is 0 Å². The fourth-order valence-electron chi connectivity index (χ4n) is 3.15. The van der Waals surface area contributed by atoms with E-state index in [4.69, 9.17) is 9.40 Å². The summed E-state index contributed by atoms with van der Waals surface area (Å²) in [5, 5.41) is 19.5. The van der Waals surface area contributed by atoms with Crippen LogP contribution in [0.5, 0.6) is 0 Å². The van der Waals surface area contributed by atoms with Gasteiger partial charge in [0.15, 0.2) is 5.76 Å². The molecule has 2 unspecified atom stereocenters. The highest BCUT2D eigenvalue weighted by Crippen LogP contribution is 2.32. The Labute approximate surface area is 159 Å². The van der Waals surface area contributed by atoms with Crippen LogP contribution >= 0.6 is 0 Å². The van der Waals surface area contributed by atoms with Crippen LogP contribution in [0.2, 0.25) is 0 Å². The predicted octanol–water partition coefficient (Wildman–Crippen LogP) is 3.57. The standard InChI is InChI=1S/C22H26N2O3/c1-16(25)13-24(14-17(2)26)15-20-23-21(18-9-5-3-6-10-18)22(27-20)19-11-7-4-8-12-19/h3-12,16-17,25-26H,13-15H2,1-2H3. The molecule has 0 spiro atoms. The summed E-state index contributed by atoms with van der Waals surface area (Å²) >= 11 is 0. The molecule has 0 aliphatic carbocycles. The Hall–Kier alpha value is -2.47. The lowest BCUT2D eigenvalue weighted by Gasteiger charge is -2.23. The van der Waals surface area contributed by atoms with Gasteiger partial charge < -0.3 is 14.6 Å². The molecule has 5 heteroatoms. The lowest BCUT2D eigenvalue weighted by molar-refractivity contribution is 0.0746. The van der Waals surface area contributed by atoms with Gasteiger partial charge in [0.25, 0.3) is 0 Å². The molecule has 1 heterocycles. The van der Waals surface area contributed by atoms with Crippen molar-refractivity contribution in [3.8, 4) is 22.6 Å². The Morgan fingerprint density at radius 2 is 1.37 bits per heavy atom. The van der Waals surface area contributed by atoms with E-state index in [2.05, 4.69) is 0 Å². The first-order valence-corrected chi connectivity index (χ1v) is 9.22. The number of hydrogen-bond acceptors (Lipinski definition) is 5. The first kappa shape index (κ1) is 19.3. The molecule has 2 aromatic carbocycles. The maximum atomic E-state index is 9.76. The molecule has 142 valence electrons. The summed E-state index contributed by atoms with van der Waals surface area (Å²) in [5.41, 5.74) is 2.75. The van der Waals surface area contributed by atoms with Crippen molar-refractivity contribution in [3.05, 3.63) is 66.6 Å². The van der Waals surface area contributed by atoms with Gasteiger partial charge in [0.05, 0.1) is 18.8 Å². The lowest BCUT2D eigenvalue weighted by Crippen LogP contribution is -2.35. The highest BCUT2D eigenvalue weighted by atomic mass is 16.4. The van der Waals surface area contributed by atoms with Gasteiger partial charge in [-0.25, -0.2) is 4.98 Å². The molecule has 5 nitrogen and oxygen atoms in total. The predicted molar refractivity (Wildman–Crippen MR) is 106 cm³/mol. The number of oxazole rings is 1. The molecule has 0 saturated heterocycles. The fraction of sp³-hybridized carbons (Fsp3) is 0.318. The van der Waals surface area contributed by atoms with Crippen LogP contribution in [-0.2, 0) is 6.54 Å². The van der Waals surface area contributed by atoms with Gasteiger partial charge >= 0.3 is 0 Å². The molecule has 0 bridgehead atoms. The second-order valence-corrected chi connectivity index (χ2v) is 6.91.